The Hall–Kier alpha value is -3.30. The molecule has 0 aliphatic rings. The lowest BCUT2D eigenvalue weighted by atomic mass is 10.1. The summed E-state index contributed by atoms with van der Waals surface area (Å²) in [7, 11) is 2.90. The van der Waals surface area contributed by atoms with Crippen LogP contribution in [-0.4, -0.2) is 41.3 Å². The number of fused-ring (bicyclic) bond motifs is 2. The molecule has 9 heteroatoms. The molecule has 4 rings (SSSR count). The third-order valence-corrected chi connectivity index (χ3v) is 6.20. The van der Waals surface area contributed by atoms with Gasteiger partial charge in [-0.1, -0.05) is 17.8 Å². The number of thioether (sulfide) groups is 1. The number of hydrogen-bond donors (Lipinski definition) is 0. The third kappa shape index (κ3) is 4.89. The van der Waals surface area contributed by atoms with Crippen LogP contribution in [0.15, 0.2) is 58.6 Å². The molecule has 0 bridgehead atoms. The number of hydrogen-bond acceptors (Lipinski definition) is 7. The SMILES string of the molecule is COCCCn1c(SCc2cc(F)cc3cccnc23)nc2cc(C(=O)OC)ccc2c1=O. The number of halogens is 1. The van der Waals surface area contributed by atoms with Crippen molar-refractivity contribution in [3.05, 3.63) is 76.0 Å². The van der Waals surface area contributed by atoms with Crippen LogP contribution in [0, 0.1) is 5.82 Å². The summed E-state index contributed by atoms with van der Waals surface area (Å²) in [5, 5.41) is 1.58. The Balaban J connectivity index is 1.76. The first-order chi connectivity index (χ1) is 16.0. The van der Waals surface area contributed by atoms with E-state index in [2.05, 4.69) is 9.97 Å². The van der Waals surface area contributed by atoms with Gasteiger partial charge in [-0.2, -0.15) is 0 Å². The third-order valence-electron chi connectivity index (χ3n) is 5.18. The van der Waals surface area contributed by atoms with Crippen LogP contribution in [0.2, 0.25) is 0 Å². The summed E-state index contributed by atoms with van der Waals surface area (Å²) in [5.41, 5.74) is 1.91. The molecule has 33 heavy (non-hydrogen) atoms. The monoisotopic (exact) mass is 467 g/mol. The largest absolute Gasteiger partial charge is 0.465 e. The van der Waals surface area contributed by atoms with E-state index >= 15 is 0 Å². The number of pyridine rings is 1. The molecule has 2 aromatic heterocycles. The maximum atomic E-state index is 14.2. The smallest absolute Gasteiger partial charge is 0.337 e. The van der Waals surface area contributed by atoms with Gasteiger partial charge < -0.3 is 9.47 Å². The zero-order valence-electron chi connectivity index (χ0n) is 18.2. The van der Waals surface area contributed by atoms with Gasteiger partial charge in [0.15, 0.2) is 5.16 Å². The van der Waals surface area contributed by atoms with Crippen LogP contribution in [0.25, 0.3) is 21.8 Å². The average Bonchev–Trinajstić information content (AvgIpc) is 2.83. The first-order valence-corrected chi connectivity index (χ1v) is 11.3. The van der Waals surface area contributed by atoms with Crippen LogP contribution in [0.1, 0.15) is 22.3 Å². The van der Waals surface area contributed by atoms with Gasteiger partial charge in [0.1, 0.15) is 5.82 Å². The molecule has 170 valence electrons. The van der Waals surface area contributed by atoms with Crippen LogP contribution >= 0.6 is 11.8 Å². The summed E-state index contributed by atoms with van der Waals surface area (Å²) < 4.78 is 25.7. The Morgan fingerprint density at radius 2 is 2.03 bits per heavy atom. The van der Waals surface area contributed by atoms with Crippen LogP contribution in [0.3, 0.4) is 0 Å². The predicted octanol–water partition coefficient (Wildman–Crippen LogP) is 4.20. The zero-order valence-corrected chi connectivity index (χ0v) is 19.0. The number of nitrogens with zero attached hydrogens (tertiary/aromatic N) is 3. The highest BCUT2D eigenvalue weighted by Crippen LogP contribution is 2.27. The molecule has 0 saturated carbocycles. The number of aromatic nitrogens is 3. The molecule has 2 heterocycles. The minimum absolute atomic E-state index is 0.211. The topological polar surface area (TPSA) is 83.3 Å². The van der Waals surface area contributed by atoms with E-state index in [1.54, 1.807) is 42.1 Å². The fourth-order valence-corrected chi connectivity index (χ4v) is 4.60. The van der Waals surface area contributed by atoms with Gasteiger partial charge in [0, 0.05) is 37.6 Å². The van der Waals surface area contributed by atoms with Crippen molar-refractivity contribution >= 4 is 39.5 Å². The van der Waals surface area contributed by atoms with Gasteiger partial charge in [-0.25, -0.2) is 14.2 Å². The van der Waals surface area contributed by atoms with Gasteiger partial charge in [0.25, 0.3) is 5.56 Å². The Morgan fingerprint density at radius 1 is 1.18 bits per heavy atom. The first-order valence-electron chi connectivity index (χ1n) is 10.3. The van der Waals surface area contributed by atoms with Gasteiger partial charge in [-0.05, 0) is 48.4 Å². The zero-order chi connectivity index (χ0) is 23.4. The number of benzene rings is 2. The number of rotatable bonds is 8. The highest BCUT2D eigenvalue weighted by Gasteiger charge is 2.15. The van der Waals surface area contributed by atoms with E-state index in [1.165, 1.54) is 31.0 Å². The first kappa shape index (κ1) is 22.9. The highest BCUT2D eigenvalue weighted by molar-refractivity contribution is 7.98. The van der Waals surface area contributed by atoms with E-state index in [0.717, 1.165) is 0 Å². The quantitative estimate of drug-likeness (QED) is 0.166. The van der Waals surface area contributed by atoms with Crippen molar-refractivity contribution in [1.29, 1.82) is 0 Å². The molecule has 0 atom stereocenters. The fourth-order valence-electron chi connectivity index (χ4n) is 3.60. The average molecular weight is 468 g/mol. The second kappa shape index (κ2) is 10.1. The van der Waals surface area contributed by atoms with Gasteiger partial charge >= 0.3 is 5.97 Å². The molecule has 0 radical (unpaired) electrons. The molecular formula is C24H22FN3O4S. The molecule has 7 nitrogen and oxygen atoms in total. The maximum Gasteiger partial charge on any atom is 0.337 e. The number of methoxy groups -OCH3 is 2. The molecular weight excluding hydrogens is 445 g/mol. The van der Waals surface area contributed by atoms with Crippen LogP contribution in [0.5, 0.6) is 0 Å². The molecule has 0 aliphatic carbocycles. The van der Waals surface area contributed by atoms with Crippen molar-refractivity contribution < 1.29 is 18.7 Å². The minimum Gasteiger partial charge on any atom is -0.465 e. The molecule has 0 amide bonds. The lowest BCUT2D eigenvalue weighted by molar-refractivity contribution is 0.0601. The molecule has 0 N–H and O–H groups in total. The fraction of sp³-hybridized carbons (Fsp3) is 0.250. The van der Waals surface area contributed by atoms with Crippen LogP contribution in [0.4, 0.5) is 4.39 Å². The standard InChI is InChI=1S/C24H22FN3O4S/c1-31-10-4-9-28-22(29)19-7-6-16(23(30)32-2)13-20(19)27-24(28)33-14-17-12-18(25)11-15-5-3-8-26-21(15)17/h3,5-8,11-13H,4,9-10,14H2,1-2H3. The van der Waals surface area contributed by atoms with E-state index in [-0.39, 0.29) is 11.4 Å². The van der Waals surface area contributed by atoms with E-state index in [4.69, 9.17) is 9.47 Å². The van der Waals surface area contributed by atoms with Crippen LogP contribution < -0.4 is 5.56 Å². The van der Waals surface area contributed by atoms with E-state index in [0.29, 0.717) is 63.4 Å². The Kier molecular flexibility index (Phi) is 7.00. The van der Waals surface area contributed by atoms with Gasteiger partial charge in [-0.3, -0.25) is 14.3 Å². The van der Waals surface area contributed by atoms with Crippen molar-refractivity contribution in [3.8, 4) is 0 Å². The summed E-state index contributed by atoms with van der Waals surface area (Å²) in [6.45, 7) is 0.910. The number of ether oxygens (including phenoxy) is 2. The van der Waals surface area contributed by atoms with E-state index in [9.17, 15) is 14.0 Å². The Morgan fingerprint density at radius 3 is 2.82 bits per heavy atom. The second-order valence-corrected chi connectivity index (χ2v) is 8.29. The van der Waals surface area contributed by atoms with Crippen molar-refractivity contribution in [3.63, 3.8) is 0 Å². The van der Waals surface area contributed by atoms with Crippen molar-refractivity contribution in [2.75, 3.05) is 20.8 Å². The lowest BCUT2D eigenvalue weighted by Gasteiger charge is -2.14. The summed E-state index contributed by atoms with van der Waals surface area (Å²) >= 11 is 1.32. The normalized spacial score (nSPS) is 11.2. The number of carbonyl (C=O) groups excluding carboxylic acids is 1. The highest BCUT2D eigenvalue weighted by atomic mass is 32.2. The molecule has 0 spiro atoms. The van der Waals surface area contributed by atoms with Crippen LogP contribution in [-0.2, 0) is 21.8 Å². The minimum atomic E-state index is -0.505. The van der Waals surface area contributed by atoms with E-state index in [1.807, 2.05) is 6.07 Å². The maximum absolute atomic E-state index is 14.2. The van der Waals surface area contributed by atoms with Gasteiger partial charge in [0.2, 0.25) is 0 Å². The number of carbonyl (C=O) groups is 1. The van der Waals surface area contributed by atoms with Crippen molar-refractivity contribution in [1.82, 2.24) is 14.5 Å². The van der Waals surface area contributed by atoms with Crippen molar-refractivity contribution in [2.45, 2.75) is 23.9 Å². The Labute approximate surface area is 193 Å². The molecule has 0 fully saturated rings. The van der Waals surface area contributed by atoms with Crippen molar-refractivity contribution in [2.24, 2.45) is 0 Å². The summed E-state index contributed by atoms with van der Waals surface area (Å²) in [6, 6.07) is 11.1. The molecule has 4 aromatic rings. The summed E-state index contributed by atoms with van der Waals surface area (Å²) in [4.78, 5) is 34.3. The molecule has 0 saturated heterocycles. The molecule has 0 aliphatic heterocycles. The lowest BCUT2D eigenvalue weighted by Crippen LogP contribution is -2.24. The molecule has 0 unspecified atom stereocenters. The number of esters is 1. The predicted molar refractivity (Wildman–Crippen MR) is 125 cm³/mol. The van der Waals surface area contributed by atoms with E-state index < -0.39 is 5.97 Å². The molecule has 2 aromatic carbocycles. The van der Waals surface area contributed by atoms with Gasteiger partial charge in [0.05, 0.1) is 29.1 Å². The summed E-state index contributed by atoms with van der Waals surface area (Å²) in [6.07, 6.45) is 2.29. The Bertz CT molecular complexity index is 1390. The second-order valence-electron chi connectivity index (χ2n) is 7.35. The van der Waals surface area contributed by atoms with Gasteiger partial charge in [-0.15, -0.1) is 0 Å². The summed E-state index contributed by atoms with van der Waals surface area (Å²) in [5.74, 6) is -0.489.